The third-order valence-corrected chi connectivity index (χ3v) is 3.76. The Morgan fingerprint density at radius 2 is 1.62 bits per heavy atom. The molecule has 1 saturated heterocycles. The maximum absolute atomic E-state index is 9.65. The lowest BCUT2D eigenvalue weighted by Crippen LogP contribution is -2.61. The normalized spacial score (nSPS) is 21.7. The number of aliphatic hydroxyl groups is 2. The van der Waals surface area contributed by atoms with Crippen LogP contribution in [0.15, 0.2) is 0 Å². The molecule has 1 unspecified atom stereocenters. The molecular weight excluding hydrogens is 318 g/mol. The second kappa shape index (κ2) is 10.3. The first-order chi connectivity index (χ1) is 11.0. The number of hydroxylamine groups is 2. The second-order valence-corrected chi connectivity index (χ2v) is 7.13. The smallest absolute Gasteiger partial charge is 0.329 e. The molecular formula is C16H33NO7. The molecule has 0 radical (unpaired) electrons. The van der Waals surface area contributed by atoms with Crippen LogP contribution in [0, 0.1) is 0 Å². The molecule has 1 aliphatic rings. The van der Waals surface area contributed by atoms with E-state index >= 15 is 0 Å². The number of carboxylic acids is 1. The van der Waals surface area contributed by atoms with Crippen molar-refractivity contribution in [1.82, 2.24) is 5.06 Å². The molecule has 1 aliphatic heterocycles. The average molecular weight is 351 g/mol. The minimum absolute atomic E-state index is 0.0899. The van der Waals surface area contributed by atoms with Gasteiger partial charge in [0, 0.05) is 18.2 Å². The van der Waals surface area contributed by atoms with Gasteiger partial charge in [-0.15, -0.1) is 0 Å². The number of rotatable bonds is 7. The van der Waals surface area contributed by atoms with Crippen molar-refractivity contribution in [1.29, 1.82) is 0 Å². The van der Waals surface area contributed by atoms with Crippen molar-refractivity contribution in [3.8, 4) is 0 Å². The van der Waals surface area contributed by atoms with Gasteiger partial charge in [-0.25, -0.2) is 4.79 Å². The fourth-order valence-electron chi connectivity index (χ4n) is 3.27. The minimum Gasteiger partial charge on any atom is -0.480 e. The van der Waals surface area contributed by atoms with E-state index in [1.807, 2.05) is 5.06 Å². The van der Waals surface area contributed by atoms with E-state index in [4.69, 9.17) is 29.3 Å². The number of piperidine rings is 1. The third kappa shape index (κ3) is 7.87. The zero-order valence-electron chi connectivity index (χ0n) is 15.6. The molecule has 1 rings (SSSR count). The molecule has 3 N–H and O–H groups in total. The van der Waals surface area contributed by atoms with Crippen LogP contribution in [0.4, 0.5) is 0 Å². The summed E-state index contributed by atoms with van der Waals surface area (Å²) >= 11 is 0. The van der Waals surface area contributed by atoms with E-state index in [1.54, 1.807) is 14.2 Å². The number of methoxy groups -OCH3 is 1. The monoisotopic (exact) mass is 351 g/mol. The van der Waals surface area contributed by atoms with Crippen LogP contribution in [0.5, 0.6) is 0 Å². The minimum atomic E-state index is -1.19. The van der Waals surface area contributed by atoms with Gasteiger partial charge in [-0.2, -0.15) is 5.06 Å². The van der Waals surface area contributed by atoms with Crippen molar-refractivity contribution >= 4 is 5.97 Å². The molecule has 1 heterocycles. The zero-order chi connectivity index (χ0) is 19.0. The molecule has 1 atom stereocenters. The number of carboxylic acid groups (broad SMARTS) is 1. The standard InChI is InChI=1S/C14H29NO4.C2H4O3/c1-13(2)7-12(19-10-11(16)9-17-5)8-14(3,4)15(13)18-6;3-1-2(4)5/h11-12,16H,7-10H2,1-6H3;3H,1H2,(H,4,5). The summed E-state index contributed by atoms with van der Waals surface area (Å²) in [4.78, 5) is 14.7. The Bertz CT molecular complexity index is 355. The first-order valence-electron chi connectivity index (χ1n) is 7.96. The Kier molecular flexibility index (Phi) is 9.94. The summed E-state index contributed by atoms with van der Waals surface area (Å²) in [6.45, 7) is 8.46. The van der Waals surface area contributed by atoms with Crippen LogP contribution in [0.25, 0.3) is 0 Å². The number of hydrogen-bond donors (Lipinski definition) is 3. The van der Waals surface area contributed by atoms with Crippen molar-refractivity contribution in [2.45, 2.75) is 63.8 Å². The summed E-state index contributed by atoms with van der Waals surface area (Å²) in [6, 6.07) is 0. The Morgan fingerprint density at radius 3 is 1.96 bits per heavy atom. The van der Waals surface area contributed by atoms with Gasteiger partial charge in [-0.05, 0) is 40.5 Å². The van der Waals surface area contributed by atoms with Crippen LogP contribution < -0.4 is 0 Å². The predicted octanol–water partition coefficient (Wildman–Crippen LogP) is 0.657. The molecule has 0 aromatic carbocycles. The Morgan fingerprint density at radius 1 is 1.17 bits per heavy atom. The van der Waals surface area contributed by atoms with Gasteiger partial charge >= 0.3 is 5.97 Å². The molecule has 0 aliphatic carbocycles. The fraction of sp³-hybridized carbons (Fsp3) is 0.938. The molecule has 0 saturated carbocycles. The molecule has 24 heavy (non-hydrogen) atoms. The SMILES string of the molecule is COCC(O)COC1CC(C)(C)N(OC)C(C)(C)C1.O=C(O)CO. The molecule has 0 amide bonds. The van der Waals surface area contributed by atoms with Crippen molar-refractivity contribution < 1.29 is 34.4 Å². The van der Waals surface area contributed by atoms with Crippen molar-refractivity contribution in [2.75, 3.05) is 34.0 Å². The quantitative estimate of drug-likeness (QED) is 0.614. The van der Waals surface area contributed by atoms with E-state index in [2.05, 4.69) is 27.7 Å². The van der Waals surface area contributed by atoms with E-state index in [1.165, 1.54) is 0 Å². The van der Waals surface area contributed by atoms with Gasteiger partial charge in [-0.3, -0.25) is 0 Å². The van der Waals surface area contributed by atoms with E-state index in [0.29, 0.717) is 13.2 Å². The fourth-order valence-corrected chi connectivity index (χ4v) is 3.27. The highest BCUT2D eigenvalue weighted by Gasteiger charge is 2.46. The second-order valence-electron chi connectivity index (χ2n) is 7.13. The van der Waals surface area contributed by atoms with Crippen molar-refractivity contribution in [3.05, 3.63) is 0 Å². The lowest BCUT2D eigenvalue weighted by Gasteiger charge is -2.53. The van der Waals surface area contributed by atoms with Gasteiger partial charge in [0.05, 0.1) is 26.4 Å². The van der Waals surface area contributed by atoms with Gasteiger partial charge in [-0.1, -0.05) is 0 Å². The van der Waals surface area contributed by atoms with Gasteiger partial charge in [0.2, 0.25) is 0 Å². The third-order valence-electron chi connectivity index (χ3n) is 3.76. The number of hydrogen-bond acceptors (Lipinski definition) is 7. The van der Waals surface area contributed by atoms with Crippen LogP contribution >= 0.6 is 0 Å². The number of ether oxygens (including phenoxy) is 2. The van der Waals surface area contributed by atoms with Crippen LogP contribution in [-0.4, -0.2) is 83.7 Å². The lowest BCUT2D eigenvalue weighted by molar-refractivity contribution is -0.281. The van der Waals surface area contributed by atoms with Crippen LogP contribution in [-0.2, 0) is 19.1 Å². The molecule has 0 spiro atoms. The van der Waals surface area contributed by atoms with Crippen LogP contribution in [0.3, 0.4) is 0 Å². The van der Waals surface area contributed by atoms with Gasteiger partial charge in [0.15, 0.2) is 0 Å². The largest absolute Gasteiger partial charge is 0.480 e. The summed E-state index contributed by atoms with van der Waals surface area (Å²) in [6.07, 6.45) is 1.33. The van der Waals surface area contributed by atoms with E-state index in [9.17, 15) is 5.11 Å². The highest BCUT2D eigenvalue weighted by Crippen LogP contribution is 2.39. The molecule has 144 valence electrons. The number of nitrogens with zero attached hydrogens (tertiary/aromatic N) is 1. The van der Waals surface area contributed by atoms with Crippen molar-refractivity contribution in [3.63, 3.8) is 0 Å². The maximum Gasteiger partial charge on any atom is 0.329 e. The molecule has 1 fully saturated rings. The summed E-state index contributed by atoms with van der Waals surface area (Å²) < 4.78 is 10.8. The lowest BCUT2D eigenvalue weighted by atomic mass is 9.80. The Balaban J connectivity index is 0.000000922. The highest BCUT2D eigenvalue weighted by atomic mass is 16.7. The topological polar surface area (TPSA) is 109 Å². The van der Waals surface area contributed by atoms with Crippen LogP contribution in [0.1, 0.15) is 40.5 Å². The first kappa shape index (κ1) is 23.2. The maximum atomic E-state index is 9.65. The molecule has 0 aromatic rings. The van der Waals surface area contributed by atoms with Gasteiger partial charge in [0.25, 0.3) is 0 Å². The molecule has 0 aromatic heterocycles. The Labute approximate surface area is 144 Å². The summed E-state index contributed by atoms with van der Waals surface area (Å²) in [5, 5.41) is 26.7. The zero-order valence-corrected chi connectivity index (χ0v) is 15.6. The average Bonchev–Trinajstić information content (AvgIpc) is 2.44. The summed E-state index contributed by atoms with van der Waals surface area (Å²) in [7, 11) is 3.29. The van der Waals surface area contributed by atoms with Crippen molar-refractivity contribution in [2.24, 2.45) is 0 Å². The van der Waals surface area contributed by atoms with Gasteiger partial charge in [0.1, 0.15) is 12.7 Å². The number of aliphatic carboxylic acids is 1. The number of aliphatic hydroxyl groups excluding tert-OH is 2. The Hall–Kier alpha value is -0.770. The molecule has 0 bridgehead atoms. The highest BCUT2D eigenvalue weighted by molar-refractivity contribution is 5.67. The first-order valence-corrected chi connectivity index (χ1v) is 7.96. The van der Waals surface area contributed by atoms with Crippen LogP contribution in [0.2, 0.25) is 0 Å². The van der Waals surface area contributed by atoms with E-state index < -0.39 is 18.7 Å². The summed E-state index contributed by atoms with van der Waals surface area (Å²) in [5.74, 6) is -1.19. The predicted molar refractivity (Wildman–Crippen MR) is 88.6 cm³/mol. The molecule has 8 heteroatoms. The van der Waals surface area contributed by atoms with Gasteiger partial charge < -0.3 is 29.6 Å². The molecule has 8 nitrogen and oxygen atoms in total. The van der Waals surface area contributed by atoms with E-state index in [-0.39, 0.29) is 17.2 Å². The number of carbonyl (C=O) groups is 1. The van der Waals surface area contributed by atoms with E-state index in [0.717, 1.165) is 12.8 Å². The summed E-state index contributed by atoms with van der Waals surface area (Å²) in [5.41, 5.74) is -0.180.